The zero-order chi connectivity index (χ0) is 15.2. The zero-order valence-electron chi connectivity index (χ0n) is 11.7. The minimum absolute atomic E-state index is 0.0547. The standard InChI is InChI=1S/C16H19NO4/c18-14-5-1-12(2-6-14)3-7-15(19)17-10-9-13(11-17)4-8-16(20)21/h1-3,5-7,13,18H,4,8-11H2,(H,20,21)/b7-3+. The molecule has 1 unspecified atom stereocenters. The number of carbonyl (C=O) groups is 2. The third-order valence-corrected chi connectivity index (χ3v) is 3.68. The molecule has 0 aromatic heterocycles. The number of aromatic hydroxyl groups is 1. The molecule has 112 valence electrons. The molecule has 1 atom stereocenters. The summed E-state index contributed by atoms with van der Waals surface area (Å²) in [6.07, 6.45) is 4.89. The molecule has 0 bridgehead atoms. The molecule has 1 amide bonds. The van der Waals surface area contributed by atoms with Gasteiger partial charge in [-0.15, -0.1) is 0 Å². The number of carboxylic acid groups (broad SMARTS) is 1. The number of nitrogens with zero attached hydrogens (tertiary/aromatic N) is 1. The van der Waals surface area contributed by atoms with Gasteiger partial charge in [-0.3, -0.25) is 9.59 Å². The van der Waals surface area contributed by atoms with Crippen LogP contribution in [0.5, 0.6) is 5.75 Å². The van der Waals surface area contributed by atoms with Gasteiger partial charge in [0.05, 0.1) is 0 Å². The molecule has 1 aliphatic rings. The number of carboxylic acids is 1. The minimum Gasteiger partial charge on any atom is -0.508 e. The first-order valence-electron chi connectivity index (χ1n) is 7.02. The molecule has 1 aromatic rings. The van der Waals surface area contributed by atoms with Gasteiger partial charge >= 0.3 is 5.97 Å². The Balaban J connectivity index is 1.84. The van der Waals surface area contributed by atoms with E-state index in [1.165, 1.54) is 6.08 Å². The fourth-order valence-corrected chi connectivity index (χ4v) is 2.45. The van der Waals surface area contributed by atoms with E-state index >= 15 is 0 Å². The molecule has 0 saturated carbocycles. The van der Waals surface area contributed by atoms with Gasteiger partial charge in [-0.25, -0.2) is 0 Å². The number of rotatable bonds is 5. The summed E-state index contributed by atoms with van der Waals surface area (Å²) in [5, 5.41) is 17.9. The lowest BCUT2D eigenvalue weighted by Crippen LogP contribution is -2.26. The Bertz CT molecular complexity index is 536. The number of likely N-dealkylation sites (tertiary alicyclic amines) is 1. The number of hydrogen-bond acceptors (Lipinski definition) is 3. The van der Waals surface area contributed by atoms with Gasteiger partial charge in [0.15, 0.2) is 0 Å². The minimum atomic E-state index is -0.785. The van der Waals surface area contributed by atoms with Crippen molar-refractivity contribution in [1.29, 1.82) is 0 Å². The lowest BCUT2D eigenvalue weighted by atomic mass is 10.0. The van der Waals surface area contributed by atoms with Gasteiger partial charge in [0, 0.05) is 25.6 Å². The topological polar surface area (TPSA) is 77.8 Å². The van der Waals surface area contributed by atoms with E-state index in [-0.39, 0.29) is 24.0 Å². The fraction of sp³-hybridized carbons (Fsp3) is 0.375. The van der Waals surface area contributed by atoms with Gasteiger partial charge in [-0.05, 0) is 42.5 Å². The average molecular weight is 289 g/mol. The summed E-state index contributed by atoms with van der Waals surface area (Å²) in [7, 11) is 0. The first kappa shape index (κ1) is 15.1. The third kappa shape index (κ3) is 4.63. The van der Waals surface area contributed by atoms with Gasteiger partial charge in [-0.1, -0.05) is 12.1 Å². The van der Waals surface area contributed by atoms with Crippen LogP contribution in [0, 0.1) is 5.92 Å². The van der Waals surface area contributed by atoms with E-state index in [0.29, 0.717) is 19.5 Å². The van der Waals surface area contributed by atoms with Crippen molar-refractivity contribution in [2.24, 2.45) is 5.92 Å². The summed E-state index contributed by atoms with van der Waals surface area (Å²) < 4.78 is 0. The van der Waals surface area contributed by atoms with Gasteiger partial charge in [0.2, 0.25) is 5.91 Å². The van der Waals surface area contributed by atoms with Crippen LogP contribution in [-0.4, -0.2) is 40.1 Å². The molecule has 1 aliphatic heterocycles. The molecule has 1 heterocycles. The van der Waals surface area contributed by atoms with Gasteiger partial charge in [-0.2, -0.15) is 0 Å². The summed E-state index contributed by atoms with van der Waals surface area (Å²) in [6.45, 7) is 1.31. The molecule has 5 nitrogen and oxygen atoms in total. The van der Waals surface area contributed by atoms with Gasteiger partial charge in [0.25, 0.3) is 0 Å². The van der Waals surface area contributed by atoms with E-state index in [1.54, 1.807) is 35.2 Å². The average Bonchev–Trinajstić information content (AvgIpc) is 2.93. The highest BCUT2D eigenvalue weighted by molar-refractivity contribution is 5.92. The molecular formula is C16H19NO4. The second-order valence-electron chi connectivity index (χ2n) is 5.30. The first-order valence-corrected chi connectivity index (χ1v) is 7.02. The molecule has 1 saturated heterocycles. The normalized spacial score (nSPS) is 18.3. The second-order valence-corrected chi connectivity index (χ2v) is 5.30. The first-order chi connectivity index (χ1) is 10.0. The number of phenolic OH excluding ortho intramolecular Hbond substituents is 1. The van der Waals surface area contributed by atoms with Crippen LogP contribution in [-0.2, 0) is 9.59 Å². The lowest BCUT2D eigenvalue weighted by molar-refractivity contribution is -0.137. The number of phenols is 1. The third-order valence-electron chi connectivity index (χ3n) is 3.68. The summed E-state index contributed by atoms with van der Waals surface area (Å²) in [4.78, 5) is 24.3. The highest BCUT2D eigenvalue weighted by Crippen LogP contribution is 2.21. The molecule has 1 fully saturated rings. The van der Waals surface area contributed by atoms with Crippen LogP contribution in [0.15, 0.2) is 30.3 Å². The zero-order valence-corrected chi connectivity index (χ0v) is 11.7. The monoisotopic (exact) mass is 289 g/mol. The lowest BCUT2D eigenvalue weighted by Gasteiger charge is -2.14. The number of benzene rings is 1. The maximum Gasteiger partial charge on any atom is 0.303 e. The Morgan fingerprint density at radius 1 is 1.29 bits per heavy atom. The molecule has 0 radical (unpaired) electrons. The Morgan fingerprint density at radius 3 is 2.67 bits per heavy atom. The SMILES string of the molecule is O=C(O)CCC1CCN(C(=O)/C=C/c2ccc(O)cc2)C1. The highest BCUT2D eigenvalue weighted by Gasteiger charge is 2.25. The van der Waals surface area contributed by atoms with Crippen LogP contribution in [0.2, 0.25) is 0 Å². The number of hydrogen-bond donors (Lipinski definition) is 2. The van der Waals surface area contributed by atoms with Crippen LogP contribution in [0.4, 0.5) is 0 Å². The largest absolute Gasteiger partial charge is 0.508 e. The fourth-order valence-electron chi connectivity index (χ4n) is 2.45. The van der Waals surface area contributed by atoms with E-state index in [4.69, 9.17) is 5.11 Å². The quantitative estimate of drug-likeness (QED) is 0.814. The summed E-state index contributed by atoms with van der Waals surface area (Å²) in [5.74, 6) is -0.362. The summed E-state index contributed by atoms with van der Waals surface area (Å²) >= 11 is 0. The Kier molecular flexibility index (Phi) is 4.98. The van der Waals surface area contributed by atoms with Crippen molar-refractivity contribution < 1.29 is 19.8 Å². The second kappa shape index (κ2) is 6.92. The van der Waals surface area contributed by atoms with Crippen LogP contribution in [0.3, 0.4) is 0 Å². The van der Waals surface area contributed by atoms with Crippen molar-refractivity contribution in [1.82, 2.24) is 4.90 Å². The van der Waals surface area contributed by atoms with Gasteiger partial charge in [0.1, 0.15) is 5.75 Å². The Morgan fingerprint density at radius 2 is 2.00 bits per heavy atom. The van der Waals surface area contributed by atoms with E-state index in [2.05, 4.69) is 0 Å². The Labute approximate surface area is 123 Å². The maximum atomic E-state index is 12.0. The van der Waals surface area contributed by atoms with Crippen LogP contribution >= 0.6 is 0 Å². The summed E-state index contributed by atoms with van der Waals surface area (Å²) in [5.41, 5.74) is 0.850. The van der Waals surface area contributed by atoms with Crippen LogP contribution < -0.4 is 0 Å². The number of aliphatic carboxylic acids is 1. The molecule has 0 spiro atoms. The van der Waals surface area contributed by atoms with Crippen molar-refractivity contribution in [3.05, 3.63) is 35.9 Å². The van der Waals surface area contributed by atoms with Crippen LogP contribution in [0.1, 0.15) is 24.8 Å². The molecule has 5 heteroatoms. The van der Waals surface area contributed by atoms with Crippen molar-refractivity contribution in [3.63, 3.8) is 0 Å². The van der Waals surface area contributed by atoms with E-state index < -0.39 is 5.97 Å². The molecule has 2 rings (SSSR count). The van der Waals surface area contributed by atoms with Gasteiger partial charge < -0.3 is 15.1 Å². The van der Waals surface area contributed by atoms with Crippen molar-refractivity contribution >= 4 is 18.0 Å². The van der Waals surface area contributed by atoms with Crippen LogP contribution in [0.25, 0.3) is 6.08 Å². The maximum absolute atomic E-state index is 12.0. The van der Waals surface area contributed by atoms with Crippen molar-refractivity contribution in [2.75, 3.05) is 13.1 Å². The molecular weight excluding hydrogens is 270 g/mol. The number of carbonyl (C=O) groups excluding carboxylic acids is 1. The Hall–Kier alpha value is -2.30. The van der Waals surface area contributed by atoms with Crippen molar-refractivity contribution in [2.45, 2.75) is 19.3 Å². The van der Waals surface area contributed by atoms with E-state index in [1.807, 2.05) is 0 Å². The molecule has 0 aliphatic carbocycles. The van der Waals surface area contributed by atoms with E-state index in [9.17, 15) is 14.7 Å². The molecule has 2 N–H and O–H groups in total. The van der Waals surface area contributed by atoms with E-state index in [0.717, 1.165) is 12.0 Å². The number of amides is 1. The molecule has 1 aromatic carbocycles. The predicted molar refractivity (Wildman–Crippen MR) is 78.7 cm³/mol. The predicted octanol–water partition coefficient (Wildman–Crippen LogP) is 2.12. The molecule has 21 heavy (non-hydrogen) atoms. The smallest absolute Gasteiger partial charge is 0.303 e. The van der Waals surface area contributed by atoms with Crippen molar-refractivity contribution in [3.8, 4) is 5.75 Å². The summed E-state index contributed by atoms with van der Waals surface area (Å²) in [6, 6.07) is 6.61. The highest BCUT2D eigenvalue weighted by atomic mass is 16.4.